The molecule has 1 unspecified atom stereocenters. The van der Waals surface area contributed by atoms with Crippen molar-refractivity contribution in [2.24, 2.45) is 5.92 Å². The molecule has 1 saturated carbocycles. The first kappa shape index (κ1) is 24.7. The Hall–Kier alpha value is -3.39. The molecular formula is C27H32N2O6. The number of carboxylic acids is 1. The summed E-state index contributed by atoms with van der Waals surface area (Å²) in [5.74, 6) is -1.62. The highest BCUT2D eigenvalue weighted by Gasteiger charge is 2.34. The molecule has 0 saturated heterocycles. The summed E-state index contributed by atoms with van der Waals surface area (Å²) in [6, 6.07) is 16.0. The minimum atomic E-state index is -0.987. The number of carbonyl (C=O) groups is 3. The number of fused-ring (bicyclic) bond motifs is 3. The maximum absolute atomic E-state index is 12.8. The average molecular weight is 481 g/mol. The van der Waals surface area contributed by atoms with Gasteiger partial charge in [-0.25, -0.2) is 4.79 Å². The van der Waals surface area contributed by atoms with Crippen LogP contribution in [0.5, 0.6) is 0 Å². The van der Waals surface area contributed by atoms with Crippen LogP contribution >= 0.6 is 0 Å². The van der Waals surface area contributed by atoms with Crippen molar-refractivity contribution >= 4 is 18.0 Å². The number of aliphatic carboxylic acids is 1. The zero-order valence-corrected chi connectivity index (χ0v) is 19.9. The zero-order chi connectivity index (χ0) is 24.8. The number of nitrogens with one attached hydrogen (secondary N) is 2. The van der Waals surface area contributed by atoms with E-state index in [1.54, 1.807) is 0 Å². The van der Waals surface area contributed by atoms with Crippen molar-refractivity contribution < 1.29 is 29.0 Å². The maximum atomic E-state index is 12.8. The highest BCUT2D eigenvalue weighted by atomic mass is 16.5. The smallest absolute Gasteiger partial charge is 0.407 e. The van der Waals surface area contributed by atoms with Crippen LogP contribution in [0.1, 0.15) is 49.1 Å². The Morgan fingerprint density at radius 3 is 2.26 bits per heavy atom. The first-order chi connectivity index (χ1) is 17.0. The summed E-state index contributed by atoms with van der Waals surface area (Å²) in [6.45, 7) is 0.323. The van der Waals surface area contributed by atoms with Crippen molar-refractivity contribution in [1.82, 2.24) is 10.6 Å². The summed E-state index contributed by atoms with van der Waals surface area (Å²) < 4.78 is 10.8. The largest absolute Gasteiger partial charge is 0.481 e. The normalized spacial score (nSPS) is 19.8. The number of amides is 2. The van der Waals surface area contributed by atoms with Crippen molar-refractivity contribution in [3.63, 3.8) is 0 Å². The van der Waals surface area contributed by atoms with E-state index in [1.165, 1.54) is 18.2 Å². The SMILES string of the molecule is COC(CNC(=O)[C@@H]1CCCC[C@@H]1NC(=O)OCC1c2ccccc2-c2ccccc21)CC(=O)O. The van der Waals surface area contributed by atoms with Gasteiger partial charge in [0.25, 0.3) is 0 Å². The molecule has 8 nitrogen and oxygen atoms in total. The fourth-order valence-electron chi connectivity index (χ4n) is 5.19. The van der Waals surface area contributed by atoms with Crippen LogP contribution in [0, 0.1) is 5.92 Å². The minimum absolute atomic E-state index is 0.0289. The van der Waals surface area contributed by atoms with Crippen LogP contribution in [0.2, 0.25) is 0 Å². The van der Waals surface area contributed by atoms with Crippen LogP contribution in [-0.4, -0.2) is 55.5 Å². The molecule has 2 aliphatic rings. The van der Waals surface area contributed by atoms with Crippen LogP contribution in [0.3, 0.4) is 0 Å². The lowest BCUT2D eigenvalue weighted by atomic mass is 9.84. The van der Waals surface area contributed by atoms with E-state index in [9.17, 15) is 14.4 Å². The third-order valence-corrected chi connectivity index (χ3v) is 6.99. The van der Waals surface area contributed by atoms with Crippen LogP contribution < -0.4 is 10.6 Å². The van der Waals surface area contributed by atoms with E-state index >= 15 is 0 Å². The fraction of sp³-hybridized carbons (Fsp3) is 0.444. The lowest BCUT2D eigenvalue weighted by molar-refractivity contribution is -0.140. The molecule has 0 aliphatic heterocycles. The highest BCUT2D eigenvalue weighted by Crippen LogP contribution is 2.44. The molecular weight excluding hydrogens is 448 g/mol. The van der Waals surface area contributed by atoms with E-state index in [2.05, 4.69) is 34.9 Å². The van der Waals surface area contributed by atoms with Gasteiger partial charge in [-0.1, -0.05) is 61.4 Å². The summed E-state index contributed by atoms with van der Waals surface area (Å²) >= 11 is 0. The van der Waals surface area contributed by atoms with Gasteiger partial charge in [-0.05, 0) is 35.1 Å². The molecule has 0 radical (unpaired) electrons. The Morgan fingerprint density at radius 1 is 1.00 bits per heavy atom. The number of alkyl carbamates (subject to hydrolysis) is 1. The molecule has 0 spiro atoms. The van der Waals surface area contributed by atoms with Crippen molar-refractivity contribution in [3.05, 3.63) is 59.7 Å². The quantitative estimate of drug-likeness (QED) is 0.504. The number of rotatable bonds is 9. The second-order valence-corrected chi connectivity index (χ2v) is 9.17. The molecule has 2 aromatic rings. The van der Waals surface area contributed by atoms with Gasteiger partial charge in [-0.2, -0.15) is 0 Å². The van der Waals surface area contributed by atoms with Gasteiger partial charge in [0.05, 0.1) is 18.4 Å². The van der Waals surface area contributed by atoms with Crippen LogP contribution in [-0.2, 0) is 19.1 Å². The van der Waals surface area contributed by atoms with Gasteiger partial charge in [0.15, 0.2) is 0 Å². The summed E-state index contributed by atoms with van der Waals surface area (Å²) in [7, 11) is 1.42. The first-order valence-corrected chi connectivity index (χ1v) is 12.1. The molecule has 2 amide bonds. The van der Waals surface area contributed by atoms with E-state index in [1.807, 2.05) is 24.3 Å². The number of methoxy groups -OCH3 is 1. The zero-order valence-electron chi connectivity index (χ0n) is 19.9. The van der Waals surface area contributed by atoms with Gasteiger partial charge < -0.3 is 25.2 Å². The van der Waals surface area contributed by atoms with Crippen molar-refractivity contribution in [2.45, 2.75) is 50.2 Å². The molecule has 3 atom stereocenters. The van der Waals surface area contributed by atoms with Crippen LogP contribution in [0.15, 0.2) is 48.5 Å². The number of carboxylic acid groups (broad SMARTS) is 1. The van der Waals surface area contributed by atoms with Gasteiger partial charge in [-0.3, -0.25) is 9.59 Å². The van der Waals surface area contributed by atoms with E-state index in [0.717, 1.165) is 24.0 Å². The van der Waals surface area contributed by atoms with Gasteiger partial charge >= 0.3 is 12.1 Å². The van der Waals surface area contributed by atoms with Crippen LogP contribution in [0.25, 0.3) is 11.1 Å². The standard InChI is InChI=1S/C27H32N2O6/c1-34-17(14-25(30)31)15-28-26(32)22-12-6-7-13-24(22)29-27(33)35-16-23-20-10-4-2-8-18(20)19-9-3-5-11-21(19)23/h2-5,8-11,17,22-24H,6-7,12-16H2,1H3,(H,28,32)(H,29,33)(H,30,31)/t17?,22-,24+/m1/s1. The Bertz CT molecular complexity index is 1030. The molecule has 4 rings (SSSR count). The number of ether oxygens (including phenoxy) is 2. The Balaban J connectivity index is 1.34. The summed E-state index contributed by atoms with van der Waals surface area (Å²) in [5, 5.41) is 14.7. The summed E-state index contributed by atoms with van der Waals surface area (Å²) in [4.78, 5) is 36.5. The van der Waals surface area contributed by atoms with E-state index in [4.69, 9.17) is 14.6 Å². The minimum Gasteiger partial charge on any atom is -0.481 e. The Morgan fingerprint density at radius 2 is 1.63 bits per heavy atom. The first-order valence-electron chi connectivity index (χ1n) is 12.1. The third-order valence-electron chi connectivity index (χ3n) is 6.99. The van der Waals surface area contributed by atoms with E-state index in [-0.39, 0.29) is 37.4 Å². The van der Waals surface area contributed by atoms with E-state index < -0.39 is 24.1 Å². The molecule has 0 aromatic heterocycles. The van der Waals surface area contributed by atoms with E-state index in [0.29, 0.717) is 12.8 Å². The number of benzene rings is 2. The monoisotopic (exact) mass is 480 g/mol. The molecule has 2 aromatic carbocycles. The maximum Gasteiger partial charge on any atom is 0.407 e. The topological polar surface area (TPSA) is 114 Å². The third kappa shape index (κ3) is 5.82. The molecule has 0 bridgehead atoms. The molecule has 186 valence electrons. The second-order valence-electron chi connectivity index (χ2n) is 9.17. The van der Waals surface area contributed by atoms with Crippen molar-refractivity contribution in [3.8, 4) is 11.1 Å². The molecule has 0 heterocycles. The fourth-order valence-corrected chi connectivity index (χ4v) is 5.19. The highest BCUT2D eigenvalue weighted by molar-refractivity contribution is 5.81. The molecule has 8 heteroatoms. The van der Waals surface area contributed by atoms with Crippen LogP contribution in [0.4, 0.5) is 4.79 Å². The number of carbonyl (C=O) groups excluding carboxylic acids is 2. The molecule has 2 aliphatic carbocycles. The van der Waals surface area contributed by atoms with Gasteiger partial charge in [0.1, 0.15) is 6.61 Å². The van der Waals surface area contributed by atoms with Gasteiger partial charge in [0, 0.05) is 25.6 Å². The summed E-state index contributed by atoms with van der Waals surface area (Å²) in [6.07, 6.45) is 1.82. The molecule has 35 heavy (non-hydrogen) atoms. The Kier molecular flexibility index (Phi) is 8.02. The van der Waals surface area contributed by atoms with Crippen molar-refractivity contribution in [1.29, 1.82) is 0 Å². The summed E-state index contributed by atoms with van der Waals surface area (Å²) in [5.41, 5.74) is 4.62. The lowest BCUT2D eigenvalue weighted by Crippen LogP contribution is -2.49. The van der Waals surface area contributed by atoms with Crippen molar-refractivity contribution in [2.75, 3.05) is 20.3 Å². The van der Waals surface area contributed by atoms with Gasteiger partial charge in [0.2, 0.25) is 5.91 Å². The molecule has 3 N–H and O–H groups in total. The lowest BCUT2D eigenvalue weighted by Gasteiger charge is -2.31. The average Bonchev–Trinajstić information content (AvgIpc) is 3.19. The van der Waals surface area contributed by atoms with Gasteiger partial charge in [-0.15, -0.1) is 0 Å². The number of hydrogen-bond donors (Lipinski definition) is 3. The predicted octanol–water partition coefficient (Wildman–Crippen LogP) is 3.69. The Labute approximate surface area is 205 Å². The second kappa shape index (κ2) is 11.4. The number of hydrogen-bond acceptors (Lipinski definition) is 5. The molecule has 1 fully saturated rings. The predicted molar refractivity (Wildman–Crippen MR) is 130 cm³/mol.